The SMILES string of the molecule is CCC1O[C@@H](Oc2ccc(COC(c3ccccc3)(c3ccccc3)c3ccccc3)cc2)[C@@H](C)C(C)[C@H]1C. The van der Waals surface area contributed by atoms with Crippen LogP contribution >= 0.6 is 0 Å². The first kappa shape index (κ1) is 27.2. The van der Waals surface area contributed by atoms with E-state index in [9.17, 15) is 0 Å². The first-order valence-corrected chi connectivity index (χ1v) is 14.2. The molecule has 0 amide bonds. The smallest absolute Gasteiger partial charge is 0.202 e. The number of ether oxygens (including phenoxy) is 3. The van der Waals surface area contributed by atoms with Gasteiger partial charge >= 0.3 is 0 Å². The monoisotopic (exact) mass is 520 g/mol. The van der Waals surface area contributed by atoms with Crippen molar-refractivity contribution >= 4 is 0 Å². The number of hydrogen-bond donors (Lipinski definition) is 0. The van der Waals surface area contributed by atoms with Crippen LogP contribution in [-0.2, 0) is 21.7 Å². The minimum absolute atomic E-state index is 0.231. The summed E-state index contributed by atoms with van der Waals surface area (Å²) in [5, 5.41) is 0. The van der Waals surface area contributed by atoms with Gasteiger partial charge in [-0.05, 0) is 52.6 Å². The highest BCUT2D eigenvalue weighted by atomic mass is 16.7. The van der Waals surface area contributed by atoms with Crippen LogP contribution < -0.4 is 4.74 Å². The Morgan fingerprint density at radius 1 is 0.615 bits per heavy atom. The number of rotatable bonds is 9. The highest BCUT2D eigenvalue weighted by Gasteiger charge is 2.40. The number of hydrogen-bond acceptors (Lipinski definition) is 3. The van der Waals surface area contributed by atoms with Crippen LogP contribution in [0.25, 0.3) is 0 Å². The molecule has 0 N–H and O–H groups in total. The third-order valence-electron chi connectivity index (χ3n) is 8.56. The average molecular weight is 521 g/mol. The van der Waals surface area contributed by atoms with Crippen molar-refractivity contribution in [1.82, 2.24) is 0 Å². The van der Waals surface area contributed by atoms with Crippen molar-refractivity contribution in [3.63, 3.8) is 0 Å². The third-order valence-corrected chi connectivity index (χ3v) is 8.56. The zero-order chi connectivity index (χ0) is 27.2. The van der Waals surface area contributed by atoms with Crippen molar-refractivity contribution in [2.75, 3.05) is 0 Å². The van der Waals surface area contributed by atoms with Crippen LogP contribution in [0.5, 0.6) is 5.75 Å². The van der Waals surface area contributed by atoms with Gasteiger partial charge in [0.05, 0.1) is 12.7 Å². The zero-order valence-corrected chi connectivity index (χ0v) is 23.5. The summed E-state index contributed by atoms with van der Waals surface area (Å²) in [6.45, 7) is 9.48. The molecular formula is C36H40O3. The Morgan fingerprint density at radius 3 is 1.56 bits per heavy atom. The molecule has 5 rings (SSSR count). The van der Waals surface area contributed by atoms with E-state index in [2.05, 4.69) is 113 Å². The molecule has 202 valence electrons. The molecule has 0 radical (unpaired) electrons. The molecule has 5 atom stereocenters. The highest BCUT2D eigenvalue weighted by Crippen LogP contribution is 2.41. The second-order valence-corrected chi connectivity index (χ2v) is 10.9. The molecule has 1 fully saturated rings. The van der Waals surface area contributed by atoms with Crippen LogP contribution in [-0.4, -0.2) is 12.4 Å². The molecule has 1 heterocycles. The fourth-order valence-corrected chi connectivity index (χ4v) is 5.85. The Hall–Kier alpha value is -3.40. The quantitative estimate of drug-likeness (QED) is 0.207. The molecule has 2 unspecified atom stereocenters. The topological polar surface area (TPSA) is 27.7 Å². The molecule has 0 spiro atoms. The van der Waals surface area contributed by atoms with E-state index in [0.29, 0.717) is 24.4 Å². The maximum Gasteiger partial charge on any atom is 0.202 e. The third kappa shape index (κ3) is 5.66. The van der Waals surface area contributed by atoms with Crippen LogP contribution in [0.15, 0.2) is 115 Å². The van der Waals surface area contributed by atoms with Gasteiger partial charge in [-0.15, -0.1) is 0 Å². The van der Waals surface area contributed by atoms with Gasteiger partial charge in [0.15, 0.2) is 0 Å². The lowest BCUT2D eigenvalue weighted by atomic mass is 9.78. The van der Waals surface area contributed by atoms with Gasteiger partial charge in [0, 0.05) is 5.92 Å². The Kier molecular flexibility index (Phi) is 8.50. The van der Waals surface area contributed by atoms with Crippen LogP contribution in [0, 0.1) is 17.8 Å². The first-order valence-electron chi connectivity index (χ1n) is 14.2. The van der Waals surface area contributed by atoms with E-state index in [-0.39, 0.29) is 12.4 Å². The molecule has 0 saturated carbocycles. The maximum atomic E-state index is 6.97. The van der Waals surface area contributed by atoms with E-state index in [1.807, 2.05) is 30.3 Å². The Morgan fingerprint density at radius 2 is 1.10 bits per heavy atom. The molecule has 1 saturated heterocycles. The Balaban J connectivity index is 1.39. The minimum atomic E-state index is -0.744. The molecule has 39 heavy (non-hydrogen) atoms. The second-order valence-electron chi connectivity index (χ2n) is 10.9. The average Bonchev–Trinajstić information content (AvgIpc) is 3.00. The van der Waals surface area contributed by atoms with Gasteiger partial charge in [-0.1, -0.05) is 131 Å². The van der Waals surface area contributed by atoms with Gasteiger partial charge in [-0.25, -0.2) is 0 Å². The highest BCUT2D eigenvalue weighted by molar-refractivity contribution is 5.47. The van der Waals surface area contributed by atoms with Gasteiger partial charge < -0.3 is 14.2 Å². The molecule has 4 aromatic rings. The minimum Gasteiger partial charge on any atom is -0.465 e. The largest absolute Gasteiger partial charge is 0.465 e. The molecular weight excluding hydrogens is 480 g/mol. The summed E-state index contributed by atoms with van der Waals surface area (Å²) in [6, 6.07) is 39.7. The summed E-state index contributed by atoms with van der Waals surface area (Å²) in [5.41, 5.74) is 3.63. The molecule has 1 aliphatic heterocycles. The second kappa shape index (κ2) is 12.2. The van der Waals surface area contributed by atoms with Crippen LogP contribution in [0.2, 0.25) is 0 Å². The van der Waals surface area contributed by atoms with Gasteiger partial charge in [-0.2, -0.15) is 0 Å². The fraction of sp³-hybridized carbons (Fsp3) is 0.333. The van der Waals surface area contributed by atoms with Crippen LogP contribution in [0.3, 0.4) is 0 Å². The zero-order valence-electron chi connectivity index (χ0n) is 23.5. The van der Waals surface area contributed by atoms with E-state index in [1.165, 1.54) is 0 Å². The lowest BCUT2D eigenvalue weighted by molar-refractivity contribution is -0.211. The van der Waals surface area contributed by atoms with E-state index >= 15 is 0 Å². The molecule has 0 bridgehead atoms. The van der Waals surface area contributed by atoms with Gasteiger partial charge in [0.25, 0.3) is 0 Å². The van der Waals surface area contributed by atoms with E-state index in [0.717, 1.165) is 34.4 Å². The van der Waals surface area contributed by atoms with E-state index in [4.69, 9.17) is 14.2 Å². The standard InChI is InChI=1S/C36H40O3/c1-5-34-27(3)26(2)28(4)35(39-34)38-33-23-21-29(22-24-33)25-37-36(30-15-9-6-10-16-30,31-17-11-7-12-18-31)32-19-13-8-14-20-32/h6-24,26-28,34-35H,5,25H2,1-4H3/t26?,27-,28+,34?,35-/m1/s1. The lowest BCUT2D eigenvalue weighted by Gasteiger charge is -2.43. The first-order chi connectivity index (χ1) is 19.0. The Labute approximate surface area is 233 Å². The summed E-state index contributed by atoms with van der Waals surface area (Å²) < 4.78 is 19.7. The molecule has 0 aromatic heterocycles. The predicted octanol–water partition coefficient (Wildman–Crippen LogP) is 8.62. The Bertz CT molecular complexity index is 1190. The molecule has 0 aliphatic carbocycles. The summed E-state index contributed by atoms with van der Waals surface area (Å²) in [6.07, 6.45) is 1.00. The van der Waals surface area contributed by atoms with Crippen molar-refractivity contribution in [1.29, 1.82) is 0 Å². The van der Waals surface area contributed by atoms with Crippen molar-refractivity contribution in [2.45, 2.75) is 58.7 Å². The summed E-state index contributed by atoms with van der Waals surface area (Å²) in [4.78, 5) is 0. The summed E-state index contributed by atoms with van der Waals surface area (Å²) in [7, 11) is 0. The van der Waals surface area contributed by atoms with Gasteiger partial charge in [0.2, 0.25) is 6.29 Å². The fourth-order valence-electron chi connectivity index (χ4n) is 5.85. The molecule has 4 aromatic carbocycles. The predicted molar refractivity (Wildman–Crippen MR) is 158 cm³/mol. The van der Waals surface area contributed by atoms with Crippen molar-refractivity contribution in [2.24, 2.45) is 17.8 Å². The summed E-state index contributed by atoms with van der Waals surface area (Å²) >= 11 is 0. The summed E-state index contributed by atoms with van der Waals surface area (Å²) in [5.74, 6) is 2.23. The molecule has 1 aliphatic rings. The van der Waals surface area contributed by atoms with E-state index in [1.54, 1.807) is 0 Å². The normalized spacial score (nSPS) is 23.3. The van der Waals surface area contributed by atoms with Gasteiger partial charge in [0.1, 0.15) is 11.4 Å². The van der Waals surface area contributed by atoms with Crippen molar-refractivity contribution in [3.05, 3.63) is 138 Å². The van der Waals surface area contributed by atoms with E-state index < -0.39 is 5.60 Å². The number of benzene rings is 4. The van der Waals surface area contributed by atoms with Crippen LogP contribution in [0.4, 0.5) is 0 Å². The lowest BCUT2D eigenvalue weighted by Crippen LogP contribution is -2.46. The molecule has 3 nitrogen and oxygen atoms in total. The van der Waals surface area contributed by atoms with Crippen molar-refractivity contribution < 1.29 is 14.2 Å². The van der Waals surface area contributed by atoms with Crippen molar-refractivity contribution in [3.8, 4) is 5.75 Å². The van der Waals surface area contributed by atoms with Crippen LogP contribution in [0.1, 0.15) is 56.4 Å². The van der Waals surface area contributed by atoms with Gasteiger partial charge in [-0.3, -0.25) is 0 Å². The molecule has 3 heteroatoms. The maximum absolute atomic E-state index is 6.97.